The van der Waals surface area contributed by atoms with Gasteiger partial charge < -0.3 is 10.4 Å². The van der Waals surface area contributed by atoms with Crippen LogP contribution >= 0.6 is 0 Å². The van der Waals surface area contributed by atoms with Gasteiger partial charge in [0.2, 0.25) is 5.91 Å². The van der Waals surface area contributed by atoms with Crippen LogP contribution in [0, 0.1) is 0 Å². The molecule has 22 heavy (non-hydrogen) atoms. The van der Waals surface area contributed by atoms with Crippen LogP contribution in [0.2, 0.25) is 0 Å². The minimum absolute atomic E-state index is 0.0809. The fourth-order valence-corrected chi connectivity index (χ4v) is 2.12. The van der Waals surface area contributed by atoms with Crippen LogP contribution < -0.4 is 5.32 Å². The highest BCUT2D eigenvalue weighted by Crippen LogP contribution is 2.11. The van der Waals surface area contributed by atoms with Crippen LogP contribution in [-0.4, -0.2) is 17.0 Å². The van der Waals surface area contributed by atoms with Crippen LogP contribution in [0.5, 0.6) is 0 Å². The van der Waals surface area contributed by atoms with E-state index in [1.165, 1.54) is 17.7 Å². The lowest BCUT2D eigenvalue weighted by atomic mass is 10.1. The van der Waals surface area contributed by atoms with Crippen molar-refractivity contribution in [1.29, 1.82) is 0 Å². The van der Waals surface area contributed by atoms with Crippen molar-refractivity contribution in [2.45, 2.75) is 26.2 Å². The van der Waals surface area contributed by atoms with E-state index >= 15 is 0 Å². The number of benzene rings is 2. The molecule has 4 heteroatoms. The number of anilines is 1. The van der Waals surface area contributed by atoms with Crippen molar-refractivity contribution in [2.75, 3.05) is 5.32 Å². The van der Waals surface area contributed by atoms with Gasteiger partial charge in [0.15, 0.2) is 0 Å². The summed E-state index contributed by atoms with van der Waals surface area (Å²) in [6, 6.07) is 14.4. The number of carboxylic acid groups (broad SMARTS) is 1. The fraction of sp³-hybridized carbons (Fsp3) is 0.222. The van der Waals surface area contributed by atoms with Crippen molar-refractivity contribution >= 4 is 17.6 Å². The third-order valence-electron chi connectivity index (χ3n) is 3.49. The number of amides is 1. The Balaban J connectivity index is 1.85. The molecule has 0 aliphatic carbocycles. The number of hydrogen-bond donors (Lipinski definition) is 2. The molecule has 0 aromatic heterocycles. The van der Waals surface area contributed by atoms with Gasteiger partial charge in [-0.15, -0.1) is 0 Å². The molecule has 4 nitrogen and oxygen atoms in total. The zero-order valence-electron chi connectivity index (χ0n) is 12.5. The summed E-state index contributed by atoms with van der Waals surface area (Å²) in [5.74, 6) is -1.06. The number of hydrogen-bond acceptors (Lipinski definition) is 2. The van der Waals surface area contributed by atoms with Gasteiger partial charge in [-0.05, 0) is 48.2 Å². The van der Waals surface area contributed by atoms with E-state index in [4.69, 9.17) is 5.11 Å². The first-order valence-corrected chi connectivity index (χ1v) is 7.29. The molecule has 114 valence electrons. The van der Waals surface area contributed by atoms with Crippen molar-refractivity contribution in [3.63, 3.8) is 0 Å². The first-order chi connectivity index (χ1) is 10.6. The molecule has 2 aromatic carbocycles. The third kappa shape index (κ3) is 4.45. The number of rotatable bonds is 6. The van der Waals surface area contributed by atoms with Crippen LogP contribution in [0.3, 0.4) is 0 Å². The average molecular weight is 297 g/mol. The van der Waals surface area contributed by atoms with Crippen LogP contribution in [0.15, 0.2) is 48.5 Å². The van der Waals surface area contributed by atoms with E-state index in [0.29, 0.717) is 18.5 Å². The second kappa shape index (κ2) is 7.41. The molecule has 0 atom stereocenters. The molecular formula is C18H19NO3. The molecule has 0 bridgehead atoms. The Kier molecular flexibility index (Phi) is 5.31. The topological polar surface area (TPSA) is 66.4 Å². The summed E-state index contributed by atoms with van der Waals surface area (Å²) in [4.78, 5) is 22.7. The minimum Gasteiger partial charge on any atom is -0.478 e. The van der Waals surface area contributed by atoms with Gasteiger partial charge in [0.1, 0.15) is 0 Å². The van der Waals surface area contributed by atoms with E-state index < -0.39 is 5.97 Å². The Morgan fingerprint density at radius 1 is 0.955 bits per heavy atom. The summed E-state index contributed by atoms with van der Waals surface area (Å²) in [7, 11) is 0. The molecule has 0 unspecified atom stereocenters. The molecule has 2 N–H and O–H groups in total. The quantitative estimate of drug-likeness (QED) is 0.857. The van der Waals surface area contributed by atoms with E-state index in [-0.39, 0.29) is 11.5 Å². The zero-order chi connectivity index (χ0) is 15.9. The smallest absolute Gasteiger partial charge is 0.335 e. The van der Waals surface area contributed by atoms with Crippen molar-refractivity contribution in [2.24, 2.45) is 0 Å². The maximum absolute atomic E-state index is 11.9. The predicted octanol–water partition coefficient (Wildman–Crippen LogP) is 3.52. The van der Waals surface area contributed by atoms with Crippen molar-refractivity contribution < 1.29 is 14.7 Å². The van der Waals surface area contributed by atoms with Crippen molar-refractivity contribution in [1.82, 2.24) is 0 Å². The molecular weight excluding hydrogens is 278 g/mol. The summed E-state index contributed by atoms with van der Waals surface area (Å²) in [5.41, 5.74) is 3.23. The Bertz CT molecular complexity index is 645. The predicted molar refractivity (Wildman–Crippen MR) is 86.2 cm³/mol. The first kappa shape index (κ1) is 15.8. The molecule has 0 saturated heterocycles. The maximum atomic E-state index is 11.9. The number of aryl methyl sites for hydroxylation is 2. The molecule has 0 aliphatic rings. The Labute approximate surface area is 129 Å². The summed E-state index contributed by atoms with van der Waals surface area (Å²) in [5, 5.41) is 11.6. The number of nitrogens with one attached hydrogen (secondary N) is 1. The van der Waals surface area contributed by atoms with Gasteiger partial charge in [-0.3, -0.25) is 4.79 Å². The van der Waals surface area contributed by atoms with Gasteiger partial charge in [0.05, 0.1) is 5.56 Å². The molecule has 0 radical (unpaired) electrons. The molecule has 0 saturated carbocycles. The summed E-state index contributed by atoms with van der Waals surface area (Å²) in [6.45, 7) is 2.11. The van der Waals surface area contributed by atoms with E-state index in [1.807, 2.05) is 12.1 Å². The Morgan fingerprint density at radius 2 is 1.55 bits per heavy atom. The number of carbonyl (C=O) groups excluding carboxylic acids is 1. The van der Waals surface area contributed by atoms with Crippen LogP contribution in [0.25, 0.3) is 0 Å². The molecule has 1 amide bonds. The van der Waals surface area contributed by atoms with Gasteiger partial charge >= 0.3 is 5.97 Å². The first-order valence-electron chi connectivity index (χ1n) is 7.29. The van der Waals surface area contributed by atoms with Crippen LogP contribution in [0.1, 0.15) is 34.8 Å². The molecule has 0 heterocycles. The molecule has 0 fully saturated rings. The minimum atomic E-state index is -0.978. The lowest BCUT2D eigenvalue weighted by Gasteiger charge is -2.06. The van der Waals surface area contributed by atoms with Gasteiger partial charge in [-0.25, -0.2) is 4.79 Å². The molecule has 0 spiro atoms. The number of carboxylic acids is 1. The highest BCUT2D eigenvalue weighted by Gasteiger charge is 2.05. The number of aromatic carboxylic acids is 1. The fourth-order valence-electron chi connectivity index (χ4n) is 2.12. The largest absolute Gasteiger partial charge is 0.478 e. The van der Waals surface area contributed by atoms with Gasteiger partial charge in [0, 0.05) is 12.1 Å². The number of carbonyl (C=O) groups is 2. The summed E-state index contributed by atoms with van der Waals surface area (Å²) >= 11 is 0. The van der Waals surface area contributed by atoms with E-state index in [9.17, 15) is 9.59 Å². The van der Waals surface area contributed by atoms with Crippen molar-refractivity contribution in [3.05, 3.63) is 65.2 Å². The Morgan fingerprint density at radius 3 is 2.09 bits per heavy atom. The van der Waals surface area contributed by atoms with Gasteiger partial charge in [-0.2, -0.15) is 0 Å². The molecule has 2 aromatic rings. The third-order valence-corrected chi connectivity index (χ3v) is 3.49. The van der Waals surface area contributed by atoms with E-state index in [1.54, 1.807) is 12.1 Å². The lowest BCUT2D eigenvalue weighted by molar-refractivity contribution is -0.116. The van der Waals surface area contributed by atoms with Crippen molar-refractivity contribution in [3.8, 4) is 0 Å². The zero-order valence-corrected chi connectivity index (χ0v) is 12.5. The average Bonchev–Trinajstić information content (AvgIpc) is 2.54. The van der Waals surface area contributed by atoms with E-state index in [0.717, 1.165) is 12.0 Å². The highest BCUT2D eigenvalue weighted by atomic mass is 16.4. The second-order valence-electron chi connectivity index (χ2n) is 5.10. The standard InChI is InChI=1S/C18H19NO3/c1-2-13-3-5-14(6-4-13)7-12-17(20)19-16-10-8-15(9-11-16)18(21)22/h3-6,8-11H,2,7,12H2,1H3,(H,19,20)(H,21,22). The summed E-state index contributed by atoms with van der Waals surface area (Å²) < 4.78 is 0. The van der Waals surface area contributed by atoms with Crippen LogP contribution in [-0.2, 0) is 17.6 Å². The lowest BCUT2D eigenvalue weighted by Crippen LogP contribution is -2.12. The summed E-state index contributed by atoms with van der Waals surface area (Å²) in [6.07, 6.45) is 2.09. The maximum Gasteiger partial charge on any atom is 0.335 e. The molecule has 0 aliphatic heterocycles. The van der Waals surface area contributed by atoms with Gasteiger partial charge in [-0.1, -0.05) is 31.2 Å². The van der Waals surface area contributed by atoms with Crippen LogP contribution in [0.4, 0.5) is 5.69 Å². The second-order valence-corrected chi connectivity index (χ2v) is 5.10. The van der Waals surface area contributed by atoms with E-state index in [2.05, 4.69) is 24.4 Å². The van der Waals surface area contributed by atoms with Gasteiger partial charge in [0.25, 0.3) is 0 Å². The highest BCUT2D eigenvalue weighted by molar-refractivity contribution is 5.92. The normalized spacial score (nSPS) is 10.2. The SMILES string of the molecule is CCc1ccc(CCC(=O)Nc2ccc(C(=O)O)cc2)cc1. The molecule has 2 rings (SSSR count). The monoisotopic (exact) mass is 297 g/mol. The Hall–Kier alpha value is -2.62.